The zero-order valence-electron chi connectivity index (χ0n) is 8.66. The van der Waals surface area contributed by atoms with Gasteiger partial charge < -0.3 is 5.32 Å². The average molecular weight is 199 g/mol. The Morgan fingerprint density at radius 2 is 1.93 bits per heavy atom. The number of carbonyl (C=O) groups excluding carboxylic acids is 1. The summed E-state index contributed by atoms with van der Waals surface area (Å²) in [6.07, 6.45) is 4.20. The minimum Gasteiger partial charge on any atom is -0.332 e. The lowest BCUT2D eigenvalue weighted by Crippen LogP contribution is -2.14. The van der Waals surface area contributed by atoms with Crippen LogP contribution in [0, 0.1) is 0 Å². The van der Waals surface area contributed by atoms with E-state index in [0.717, 1.165) is 16.7 Å². The van der Waals surface area contributed by atoms with Gasteiger partial charge in [-0.2, -0.15) is 0 Å². The molecular formula is C13H13NO. The third kappa shape index (κ3) is 2.15. The summed E-state index contributed by atoms with van der Waals surface area (Å²) in [5.41, 5.74) is 3.36. The fraction of sp³-hybridized carbons (Fsp3) is 0.154. The second-order valence-corrected chi connectivity index (χ2v) is 3.58. The van der Waals surface area contributed by atoms with Crippen LogP contribution in [-0.2, 0) is 4.79 Å². The molecule has 0 fully saturated rings. The Balaban J connectivity index is 2.39. The molecule has 0 saturated heterocycles. The van der Waals surface area contributed by atoms with Gasteiger partial charge in [0.1, 0.15) is 0 Å². The van der Waals surface area contributed by atoms with Gasteiger partial charge in [0.2, 0.25) is 5.91 Å². The number of hydrogen-bond donors (Lipinski definition) is 1. The lowest BCUT2D eigenvalue weighted by Gasteiger charge is -2.06. The zero-order chi connectivity index (χ0) is 10.7. The Labute approximate surface area is 89.3 Å². The summed E-state index contributed by atoms with van der Waals surface area (Å²) in [6.45, 7) is 2.03. The maximum Gasteiger partial charge on any atom is 0.227 e. The number of allylic oxidation sites excluding steroid dienone is 2. The molecule has 76 valence electrons. The van der Waals surface area contributed by atoms with Crippen LogP contribution in [0.15, 0.2) is 48.2 Å². The van der Waals surface area contributed by atoms with Gasteiger partial charge in [0.05, 0.1) is 0 Å². The normalized spacial score (nSPS) is 16.2. The highest BCUT2D eigenvalue weighted by Crippen LogP contribution is 2.23. The molecule has 2 nitrogen and oxygen atoms in total. The quantitative estimate of drug-likeness (QED) is 0.739. The smallest absolute Gasteiger partial charge is 0.227 e. The van der Waals surface area contributed by atoms with E-state index in [4.69, 9.17) is 0 Å². The molecule has 1 N–H and O–H groups in total. The predicted octanol–water partition coefficient (Wildman–Crippen LogP) is 2.49. The van der Waals surface area contributed by atoms with E-state index in [9.17, 15) is 4.79 Å². The van der Waals surface area contributed by atoms with Crippen molar-refractivity contribution in [1.29, 1.82) is 0 Å². The summed E-state index contributed by atoms with van der Waals surface area (Å²) in [5.74, 6) is 0.0419. The third-order valence-electron chi connectivity index (χ3n) is 2.48. The Bertz CT molecular complexity index is 429. The first-order chi connectivity index (χ1) is 7.27. The monoisotopic (exact) mass is 199 g/mol. The van der Waals surface area contributed by atoms with Crippen LogP contribution in [0.25, 0.3) is 5.57 Å². The van der Waals surface area contributed by atoms with E-state index in [1.165, 1.54) is 0 Å². The second kappa shape index (κ2) is 4.13. The van der Waals surface area contributed by atoms with E-state index in [1.807, 2.05) is 43.3 Å². The van der Waals surface area contributed by atoms with E-state index in [0.29, 0.717) is 6.42 Å². The standard InChI is InChI=1S/C13H13NO/c1-10-7-8-13(15)14-9-12(10)11-5-3-2-4-6-11/h2-7,9H,8H2,1H3,(H,14,15). The van der Waals surface area contributed by atoms with Crippen LogP contribution in [-0.4, -0.2) is 5.91 Å². The minimum atomic E-state index is 0.0419. The van der Waals surface area contributed by atoms with Gasteiger partial charge in [-0.25, -0.2) is 0 Å². The van der Waals surface area contributed by atoms with Crippen molar-refractivity contribution in [3.63, 3.8) is 0 Å². The maximum atomic E-state index is 11.2. The largest absolute Gasteiger partial charge is 0.332 e. The van der Waals surface area contributed by atoms with Gasteiger partial charge >= 0.3 is 0 Å². The highest BCUT2D eigenvalue weighted by Gasteiger charge is 2.08. The Hall–Kier alpha value is -1.83. The van der Waals surface area contributed by atoms with Crippen LogP contribution in [0.5, 0.6) is 0 Å². The molecule has 2 heteroatoms. The Morgan fingerprint density at radius 1 is 1.20 bits per heavy atom. The average Bonchev–Trinajstić information content (AvgIpc) is 2.43. The molecule has 0 spiro atoms. The molecule has 0 unspecified atom stereocenters. The second-order valence-electron chi connectivity index (χ2n) is 3.58. The summed E-state index contributed by atoms with van der Waals surface area (Å²) in [4.78, 5) is 11.2. The molecule has 0 bridgehead atoms. The van der Waals surface area contributed by atoms with Crippen molar-refractivity contribution in [2.75, 3.05) is 0 Å². The number of hydrogen-bond acceptors (Lipinski definition) is 1. The highest BCUT2D eigenvalue weighted by molar-refractivity contribution is 5.87. The van der Waals surface area contributed by atoms with Gasteiger partial charge in [-0.1, -0.05) is 36.4 Å². The summed E-state index contributed by atoms with van der Waals surface area (Å²) < 4.78 is 0. The molecular weight excluding hydrogens is 186 g/mol. The van der Waals surface area contributed by atoms with Crippen molar-refractivity contribution in [3.05, 3.63) is 53.7 Å². The van der Waals surface area contributed by atoms with Crippen LogP contribution < -0.4 is 5.32 Å². The van der Waals surface area contributed by atoms with Crippen molar-refractivity contribution < 1.29 is 4.79 Å². The van der Waals surface area contributed by atoms with Crippen molar-refractivity contribution >= 4 is 11.5 Å². The molecule has 1 aliphatic rings. The summed E-state index contributed by atoms with van der Waals surface area (Å²) in [6, 6.07) is 10.1. The van der Waals surface area contributed by atoms with E-state index in [2.05, 4.69) is 5.32 Å². The van der Waals surface area contributed by atoms with Crippen molar-refractivity contribution in [3.8, 4) is 0 Å². The van der Waals surface area contributed by atoms with Crippen molar-refractivity contribution in [2.24, 2.45) is 0 Å². The lowest BCUT2D eigenvalue weighted by atomic mass is 10.00. The molecule has 1 aromatic carbocycles. The van der Waals surface area contributed by atoms with Gasteiger partial charge in [0, 0.05) is 18.2 Å². The van der Waals surface area contributed by atoms with E-state index >= 15 is 0 Å². The predicted molar refractivity (Wildman–Crippen MR) is 60.9 cm³/mol. The molecule has 0 radical (unpaired) electrons. The fourth-order valence-electron chi connectivity index (χ4n) is 1.61. The first kappa shape index (κ1) is 9.71. The van der Waals surface area contributed by atoms with Crippen LogP contribution >= 0.6 is 0 Å². The molecule has 1 aromatic rings. The lowest BCUT2D eigenvalue weighted by molar-refractivity contribution is -0.119. The topological polar surface area (TPSA) is 29.1 Å². The van der Waals surface area contributed by atoms with Crippen molar-refractivity contribution in [1.82, 2.24) is 5.32 Å². The number of nitrogens with one attached hydrogen (secondary N) is 1. The molecule has 0 aromatic heterocycles. The van der Waals surface area contributed by atoms with Crippen LogP contribution in [0.2, 0.25) is 0 Å². The molecule has 0 saturated carbocycles. The van der Waals surface area contributed by atoms with E-state index in [1.54, 1.807) is 6.20 Å². The Kier molecular flexibility index (Phi) is 2.68. The van der Waals surface area contributed by atoms with Gasteiger partial charge in [0.25, 0.3) is 0 Å². The maximum absolute atomic E-state index is 11.2. The fourth-order valence-corrected chi connectivity index (χ4v) is 1.61. The molecule has 0 aliphatic carbocycles. The number of benzene rings is 1. The van der Waals surface area contributed by atoms with Gasteiger partial charge in [-0.3, -0.25) is 4.79 Å². The molecule has 1 heterocycles. The number of carbonyl (C=O) groups is 1. The van der Waals surface area contributed by atoms with Crippen LogP contribution in [0.3, 0.4) is 0 Å². The number of rotatable bonds is 1. The summed E-state index contributed by atoms with van der Waals surface area (Å²) in [5, 5.41) is 2.77. The minimum absolute atomic E-state index is 0.0419. The summed E-state index contributed by atoms with van der Waals surface area (Å²) in [7, 11) is 0. The molecule has 0 atom stereocenters. The van der Waals surface area contributed by atoms with Crippen molar-refractivity contribution in [2.45, 2.75) is 13.3 Å². The van der Waals surface area contributed by atoms with Crippen LogP contribution in [0.1, 0.15) is 18.9 Å². The first-order valence-corrected chi connectivity index (χ1v) is 4.99. The highest BCUT2D eigenvalue weighted by atomic mass is 16.1. The summed E-state index contributed by atoms with van der Waals surface area (Å²) >= 11 is 0. The molecule has 1 amide bonds. The first-order valence-electron chi connectivity index (χ1n) is 4.99. The molecule has 15 heavy (non-hydrogen) atoms. The van der Waals surface area contributed by atoms with Gasteiger partial charge in [-0.15, -0.1) is 0 Å². The molecule has 1 aliphatic heterocycles. The number of amides is 1. The van der Waals surface area contributed by atoms with Crippen LogP contribution in [0.4, 0.5) is 0 Å². The SMILES string of the molecule is CC1=CCC(=O)NC=C1c1ccccc1. The Morgan fingerprint density at radius 3 is 2.67 bits per heavy atom. The van der Waals surface area contributed by atoms with Gasteiger partial charge in [-0.05, 0) is 18.1 Å². The third-order valence-corrected chi connectivity index (χ3v) is 2.48. The zero-order valence-corrected chi connectivity index (χ0v) is 8.66. The van der Waals surface area contributed by atoms with Gasteiger partial charge in [0.15, 0.2) is 0 Å². The van der Waals surface area contributed by atoms with E-state index < -0.39 is 0 Å². The molecule has 2 rings (SSSR count). The van der Waals surface area contributed by atoms with E-state index in [-0.39, 0.29) is 5.91 Å².